The Morgan fingerprint density at radius 1 is 1.41 bits per heavy atom. The monoisotopic (exact) mass is 242 g/mol. The lowest BCUT2D eigenvalue weighted by Crippen LogP contribution is -2.46. The molecule has 2 unspecified atom stereocenters. The van der Waals surface area contributed by atoms with Crippen LogP contribution in [0.25, 0.3) is 0 Å². The van der Waals surface area contributed by atoms with E-state index in [1.807, 2.05) is 32.6 Å². The quantitative estimate of drug-likeness (QED) is 0.771. The molecule has 1 fully saturated rings. The molecule has 0 aromatic heterocycles. The molecule has 1 rings (SSSR count). The second kappa shape index (κ2) is 5.83. The zero-order chi connectivity index (χ0) is 13.1. The maximum atomic E-state index is 12.1. The molecule has 0 radical (unpaired) electrons. The molecule has 0 saturated carbocycles. The molecule has 17 heavy (non-hydrogen) atoms. The number of carbonyl (C=O) groups is 1. The number of nitrogens with zero attached hydrogens (tertiary/aromatic N) is 1. The number of hydrogen-bond acceptors (Lipinski definition) is 3. The fourth-order valence-corrected chi connectivity index (χ4v) is 2.40. The smallest absolute Gasteiger partial charge is 0.240 e. The first-order chi connectivity index (χ1) is 7.91. The molecule has 1 amide bonds. The van der Waals surface area contributed by atoms with Crippen LogP contribution in [0.4, 0.5) is 0 Å². The van der Waals surface area contributed by atoms with Gasteiger partial charge in [0.1, 0.15) is 0 Å². The van der Waals surface area contributed by atoms with Gasteiger partial charge in [-0.2, -0.15) is 0 Å². The zero-order valence-corrected chi connectivity index (χ0v) is 11.7. The van der Waals surface area contributed by atoms with E-state index in [9.17, 15) is 4.79 Å². The van der Waals surface area contributed by atoms with Gasteiger partial charge in [-0.1, -0.05) is 13.3 Å². The van der Waals surface area contributed by atoms with Crippen molar-refractivity contribution in [1.29, 1.82) is 0 Å². The highest BCUT2D eigenvalue weighted by molar-refractivity contribution is 5.83. The highest BCUT2D eigenvalue weighted by atomic mass is 16.5. The first kappa shape index (κ1) is 14.5. The van der Waals surface area contributed by atoms with Gasteiger partial charge in [0, 0.05) is 6.61 Å². The van der Waals surface area contributed by atoms with Gasteiger partial charge < -0.3 is 9.64 Å². The van der Waals surface area contributed by atoms with Crippen LogP contribution in [0.1, 0.15) is 47.5 Å². The van der Waals surface area contributed by atoms with Crippen molar-refractivity contribution in [2.75, 3.05) is 13.2 Å². The maximum Gasteiger partial charge on any atom is 0.240 e. The van der Waals surface area contributed by atoms with E-state index in [0.717, 1.165) is 12.8 Å². The Balaban J connectivity index is 2.68. The third-order valence-corrected chi connectivity index (χ3v) is 3.12. The van der Waals surface area contributed by atoms with Gasteiger partial charge in [-0.3, -0.25) is 10.1 Å². The van der Waals surface area contributed by atoms with Gasteiger partial charge in [0.25, 0.3) is 0 Å². The summed E-state index contributed by atoms with van der Waals surface area (Å²) >= 11 is 0. The van der Waals surface area contributed by atoms with Gasteiger partial charge in [-0.25, -0.2) is 0 Å². The van der Waals surface area contributed by atoms with Gasteiger partial charge in [-0.05, 0) is 34.1 Å². The van der Waals surface area contributed by atoms with Crippen molar-refractivity contribution in [3.05, 3.63) is 0 Å². The van der Waals surface area contributed by atoms with E-state index in [2.05, 4.69) is 12.2 Å². The van der Waals surface area contributed by atoms with Crippen molar-refractivity contribution in [2.45, 2.75) is 65.3 Å². The Hall–Kier alpha value is -0.610. The summed E-state index contributed by atoms with van der Waals surface area (Å²) in [6.45, 7) is 11.5. The van der Waals surface area contributed by atoms with Crippen LogP contribution in [0.3, 0.4) is 0 Å². The molecule has 4 nitrogen and oxygen atoms in total. The molecular formula is C13H26N2O2. The molecule has 0 spiro atoms. The van der Waals surface area contributed by atoms with Crippen LogP contribution >= 0.6 is 0 Å². The largest absolute Gasteiger partial charge is 0.374 e. The van der Waals surface area contributed by atoms with Crippen molar-refractivity contribution in [2.24, 2.45) is 0 Å². The van der Waals surface area contributed by atoms with Crippen LogP contribution in [0, 0.1) is 0 Å². The van der Waals surface area contributed by atoms with Crippen LogP contribution in [-0.2, 0) is 9.53 Å². The first-order valence-corrected chi connectivity index (χ1v) is 6.61. The Kier molecular flexibility index (Phi) is 4.95. The Morgan fingerprint density at radius 2 is 2.06 bits per heavy atom. The summed E-state index contributed by atoms with van der Waals surface area (Å²) in [5.41, 5.74) is -0.276. The average Bonchev–Trinajstić information content (AvgIpc) is 2.46. The fourth-order valence-electron chi connectivity index (χ4n) is 2.40. The van der Waals surface area contributed by atoms with Gasteiger partial charge in [0.2, 0.25) is 5.91 Å². The zero-order valence-electron chi connectivity index (χ0n) is 11.7. The molecule has 100 valence electrons. The maximum absolute atomic E-state index is 12.1. The van der Waals surface area contributed by atoms with E-state index in [1.165, 1.54) is 0 Å². The Bertz CT molecular complexity index is 266. The highest BCUT2D eigenvalue weighted by Gasteiger charge is 2.38. The number of hydrogen-bond donors (Lipinski definition) is 1. The van der Waals surface area contributed by atoms with Crippen LogP contribution in [-0.4, -0.2) is 41.8 Å². The second-order valence-electron chi connectivity index (χ2n) is 5.35. The minimum atomic E-state index is -0.276. The van der Waals surface area contributed by atoms with Crippen LogP contribution < -0.4 is 5.32 Å². The molecule has 0 aromatic rings. The summed E-state index contributed by atoms with van der Waals surface area (Å²) in [5, 5.41) is 3.34. The third kappa shape index (κ3) is 3.68. The molecule has 1 aliphatic rings. The number of rotatable bonds is 6. The van der Waals surface area contributed by atoms with Crippen molar-refractivity contribution < 1.29 is 9.53 Å². The average molecular weight is 242 g/mol. The normalized spacial score (nSPS) is 25.7. The Morgan fingerprint density at radius 3 is 2.59 bits per heavy atom. The molecule has 1 saturated heterocycles. The van der Waals surface area contributed by atoms with Crippen molar-refractivity contribution >= 4 is 5.91 Å². The highest BCUT2D eigenvalue weighted by Crippen LogP contribution is 2.20. The lowest BCUT2D eigenvalue weighted by atomic mass is 10.1. The summed E-state index contributed by atoms with van der Waals surface area (Å²) in [7, 11) is 0. The number of amides is 1. The van der Waals surface area contributed by atoms with E-state index in [-0.39, 0.29) is 23.7 Å². The lowest BCUT2D eigenvalue weighted by molar-refractivity contribution is -0.134. The number of carbonyl (C=O) groups excluding carboxylic acids is 1. The van der Waals surface area contributed by atoms with E-state index in [0.29, 0.717) is 13.2 Å². The number of nitrogens with one attached hydrogen (secondary N) is 1. The third-order valence-electron chi connectivity index (χ3n) is 3.12. The topological polar surface area (TPSA) is 41.6 Å². The van der Waals surface area contributed by atoms with Gasteiger partial charge in [0.15, 0.2) is 0 Å². The van der Waals surface area contributed by atoms with Crippen molar-refractivity contribution in [3.8, 4) is 0 Å². The molecule has 4 heteroatoms. The van der Waals surface area contributed by atoms with E-state index in [1.54, 1.807) is 0 Å². The summed E-state index contributed by atoms with van der Waals surface area (Å²) < 4.78 is 5.68. The predicted molar refractivity (Wildman–Crippen MR) is 68.7 cm³/mol. The van der Waals surface area contributed by atoms with Gasteiger partial charge in [-0.15, -0.1) is 0 Å². The molecule has 1 heterocycles. The summed E-state index contributed by atoms with van der Waals surface area (Å²) in [6.07, 6.45) is 2.24. The number of ether oxygens (including phenoxy) is 1. The van der Waals surface area contributed by atoms with Crippen LogP contribution in [0.5, 0.6) is 0 Å². The summed E-state index contributed by atoms with van der Waals surface area (Å²) in [4.78, 5) is 14.0. The van der Waals surface area contributed by atoms with E-state index >= 15 is 0 Å². The van der Waals surface area contributed by atoms with Crippen molar-refractivity contribution in [1.82, 2.24) is 10.2 Å². The SMILES string of the molecule is CCCC1NC(C)C(=O)N1CC(C)(C)OCC. The second-order valence-corrected chi connectivity index (χ2v) is 5.35. The van der Waals surface area contributed by atoms with Crippen molar-refractivity contribution in [3.63, 3.8) is 0 Å². The van der Waals surface area contributed by atoms with Crippen LogP contribution in [0.15, 0.2) is 0 Å². The van der Waals surface area contributed by atoms with E-state index in [4.69, 9.17) is 4.74 Å². The van der Waals surface area contributed by atoms with Gasteiger partial charge >= 0.3 is 0 Å². The molecule has 2 atom stereocenters. The summed E-state index contributed by atoms with van der Waals surface area (Å²) in [6, 6.07) is -0.0658. The standard InChI is InChI=1S/C13H26N2O2/c1-6-8-11-14-10(3)12(16)15(11)9-13(4,5)17-7-2/h10-11,14H,6-9H2,1-5H3. The van der Waals surface area contributed by atoms with Crippen LogP contribution in [0.2, 0.25) is 0 Å². The first-order valence-electron chi connectivity index (χ1n) is 6.61. The predicted octanol–water partition coefficient (Wildman–Crippen LogP) is 1.75. The minimum Gasteiger partial charge on any atom is -0.374 e. The molecular weight excluding hydrogens is 216 g/mol. The summed E-state index contributed by atoms with van der Waals surface area (Å²) in [5.74, 6) is 0.191. The van der Waals surface area contributed by atoms with Gasteiger partial charge in [0.05, 0.1) is 24.4 Å². The molecule has 0 bridgehead atoms. The molecule has 1 aliphatic heterocycles. The lowest BCUT2D eigenvalue weighted by Gasteiger charge is -2.33. The molecule has 0 aromatic carbocycles. The minimum absolute atomic E-state index is 0.0658. The molecule has 0 aliphatic carbocycles. The Labute approximate surface area is 105 Å². The fraction of sp³-hybridized carbons (Fsp3) is 0.923. The molecule has 1 N–H and O–H groups in total. The van der Waals surface area contributed by atoms with E-state index < -0.39 is 0 Å².